The molecular weight excluding hydrogens is 316 g/mol. The number of rotatable bonds is 6. The molecule has 0 saturated carbocycles. The van der Waals surface area contributed by atoms with Gasteiger partial charge in [-0.3, -0.25) is 9.59 Å². The average Bonchev–Trinajstić information content (AvgIpc) is 2.82. The zero-order valence-corrected chi connectivity index (χ0v) is 13.5. The van der Waals surface area contributed by atoms with Gasteiger partial charge in [0.25, 0.3) is 5.91 Å². The number of imide groups is 1. The van der Waals surface area contributed by atoms with Crippen molar-refractivity contribution < 1.29 is 19.1 Å². The SMILES string of the molecule is O=C(CCSc1ccccc1)N1CC(CN2C(=O)COC2=O)C1. The number of cyclic esters (lactones) is 1. The van der Waals surface area contributed by atoms with Gasteiger partial charge in [-0.2, -0.15) is 0 Å². The maximum Gasteiger partial charge on any atom is 0.417 e. The molecule has 6 nitrogen and oxygen atoms in total. The molecule has 122 valence electrons. The molecule has 0 bridgehead atoms. The monoisotopic (exact) mass is 334 g/mol. The van der Waals surface area contributed by atoms with Crippen LogP contribution in [0.5, 0.6) is 0 Å². The number of carbonyl (C=O) groups excluding carboxylic acids is 3. The minimum atomic E-state index is -0.570. The van der Waals surface area contributed by atoms with Gasteiger partial charge in [0.15, 0.2) is 6.61 Å². The molecule has 2 saturated heterocycles. The van der Waals surface area contributed by atoms with Crippen LogP contribution in [0.1, 0.15) is 6.42 Å². The van der Waals surface area contributed by atoms with E-state index in [1.807, 2.05) is 30.3 Å². The van der Waals surface area contributed by atoms with Gasteiger partial charge in [-0.15, -0.1) is 11.8 Å². The van der Waals surface area contributed by atoms with E-state index in [-0.39, 0.29) is 24.3 Å². The van der Waals surface area contributed by atoms with E-state index in [4.69, 9.17) is 0 Å². The predicted molar refractivity (Wildman–Crippen MR) is 84.9 cm³/mol. The van der Waals surface area contributed by atoms with E-state index in [1.54, 1.807) is 16.7 Å². The van der Waals surface area contributed by atoms with Crippen LogP contribution in [0.4, 0.5) is 4.79 Å². The summed E-state index contributed by atoms with van der Waals surface area (Å²) in [5, 5.41) is 0. The molecule has 0 atom stereocenters. The topological polar surface area (TPSA) is 66.9 Å². The highest BCUT2D eigenvalue weighted by molar-refractivity contribution is 7.99. The number of hydrogen-bond acceptors (Lipinski definition) is 5. The fraction of sp³-hybridized carbons (Fsp3) is 0.438. The molecule has 2 aliphatic heterocycles. The van der Waals surface area contributed by atoms with Gasteiger partial charge in [-0.05, 0) is 12.1 Å². The van der Waals surface area contributed by atoms with Gasteiger partial charge < -0.3 is 9.64 Å². The first kappa shape index (κ1) is 15.9. The van der Waals surface area contributed by atoms with Crippen LogP contribution >= 0.6 is 11.8 Å². The Labute approximate surface area is 138 Å². The van der Waals surface area contributed by atoms with Crippen LogP contribution in [0.25, 0.3) is 0 Å². The fourth-order valence-corrected chi connectivity index (χ4v) is 3.50. The van der Waals surface area contributed by atoms with Crippen LogP contribution in [-0.4, -0.2) is 59.7 Å². The highest BCUT2D eigenvalue weighted by atomic mass is 32.2. The van der Waals surface area contributed by atoms with Crippen molar-refractivity contribution in [3.8, 4) is 0 Å². The number of carbonyl (C=O) groups is 3. The number of ether oxygens (including phenoxy) is 1. The highest BCUT2D eigenvalue weighted by Crippen LogP contribution is 2.22. The summed E-state index contributed by atoms with van der Waals surface area (Å²) in [6.07, 6.45) is -0.0733. The minimum Gasteiger partial charge on any atom is -0.439 e. The third-order valence-electron chi connectivity index (χ3n) is 3.92. The first-order valence-corrected chi connectivity index (χ1v) is 8.55. The van der Waals surface area contributed by atoms with Gasteiger partial charge in [-0.1, -0.05) is 18.2 Å². The zero-order valence-electron chi connectivity index (χ0n) is 12.6. The summed E-state index contributed by atoms with van der Waals surface area (Å²) in [5.74, 6) is 0.746. The summed E-state index contributed by atoms with van der Waals surface area (Å²) >= 11 is 1.67. The first-order chi connectivity index (χ1) is 11.1. The van der Waals surface area contributed by atoms with Gasteiger partial charge in [0, 0.05) is 42.6 Å². The lowest BCUT2D eigenvalue weighted by molar-refractivity contribution is -0.137. The first-order valence-electron chi connectivity index (χ1n) is 7.56. The Balaban J connectivity index is 1.35. The molecule has 0 N–H and O–H groups in total. The second kappa shape index (κ2) is 7.04. The van der Waals surface area contributed by atoms with Crippen LogP contribution in [-0.2, 0) is 14.3 Å². The number of nitrogens with zero attached hydrogens (tertiary/aromatic N) is 2. The summed E-state index contributed by atoms with van der Waals surface area (Å²) in [6, 6.07) is 9.99. The Morgan fingerprint density at radius 3 is 2.61 bits per heavy atom. The molecule has 0 unspecified atom stereocenters. The van der Waals surface area contributed by atoms with Crippen molar-refractivity contribution in [1.82, 2.24) is 9.80 Å². The number of benzene rings is 1. The standard InChI is InChI=1S/C16H18N2O4S/c19-14(6-7-23-13-4-2-1-3-5-13)17-8-12(9-17)10-18-15(20)11-22-16(18)21/h1-5,12H,6-11H2. The lowest BCUT2D eigenvalue weighted by Gasteiger charge is -2.40. The molecule has 1 aromatic carbocycles. The molecule has 2 heterocycles. The van der Waals surface area contributed by atoms with Crippen molar-refractivity contribution in [2.45, 2.75) is 11.3 Å². The van der Waals surface area contributed by atoms with E-state index in [0.717, 1.165) is 15.5 Å². The third kappa shape index (κ3) is 3.85. The van der Waals surface area contributed by atoms with Crippen molar-refractivity contribution in [3.05, 3.63) is 30.3 Å². The number of likely N-dealkylation sites (tertiary alicyclic amines) is 1. The Morgan fingerprint density at radius 1 is 1.22 bits per heavy atom. The molecule has 2 fully saturated rings. The van der Waals surface area contributed by atoms with Crippen LogP contribution in [0.15, 0.2) is 35.2 Å². The van der Waals surface area contributed by atoms with Crippen molar-refractivity contribution in [1.29, 1.82) is 0 Å². The lowest BCUT2D eigenvalue weighted by Crippen LogP contribution is -2.54. The summed E-state index contributed by atoms with van der Waals surface area (Å²) in [4.78, 5) is 38.9. The molecule has 2 aliphatic rings. The van der Waals surface area contributed by atoms with E-state index in [2.05, 4.69) is 4.74 Å². The van der Waals surface area contributed by atoms with Gasteiger partial charge in [0.2, 0.25) is 5.91 Å². The molecule has 7 heteroatoms. The lowest BCUT2D eigenvalue weighted by atomic mass is 9.99. The quantitative estimate of drug-likeness (QED) is 0.740. The van der Waals surface area contributed by atoms with Crippen molar-refractivity contribution in [2.24, 2.45) is 5.92 Å². The second-order valence-corrected chi connectivity index (χ2v) is 6.80. The van der Waals surface area contributed by atoms with Crippen molar-refractivity contribution in [3.63, 3.8) is 0 Å². The number of hydrogen-bond donors (Lipinski definition) is 0. The second-order valence-electron chi connectivity index (χ2n) is 5.64. The normalized spacial score (nSPS) is 18.1. The van der Waals surface area contributed by atoms with Gasteiger partial charge in [-0.25, -0.2) is 9.69 Å². The molecule has 0 spiro atoms. The Kier molecular flexibility index (Phi) is 4.85. The van der Waals surface area contributed by atoms with E-state index < -0.39 is 6.09 Å². The van der Waals surface area contributed by atoms with Crippen molar-refractivity contribution >= 4 is 29.7 Å². The van der Waals surface area contributed by atoms with Gasteiger partial charge in [0.1, 0.15) is 0 Å². The minimum absolute atomic E-state index is 0.125. The molecule has 3 amide bonds. The Morgan fingerprint density at radius 2 is 1.96 bits per heavy atom. The molecule has 0 radical (unpaired) electrons. The number of amides is 3. The zero-order chi connectivity index (χ0) is 16.2. The van der Waals surface area contributed by atoms with E-state index in [9.17, 15) is 14.4 Å². The number of thioether (sulfide) groups is 1. The maximum absolute atomic E-state index is 12.1. The molecule has 3 rings (SSSR count). The molecule has 1 aromatic rings. The van der Waals surface area contributed by atoms with Crippen molar-refractivity contribution in [2.75, 3.05) is 32.0 Å². The van der Waals surface area contributed by atoms with Gasteiger partial charge in [0.05, 0.1) is 0 Å². The molecule has 23 heavy (non-hydrogen) atoms. The predicted octanol–water partition coefficient (Wildman–Crippen LogP) is 1.61. The Bertz CT molecular complexity index is 585. The largest absolute Gasteiger partial charge is 0.439 e. The maximum atomic E-state index is 12.1. The Hall–Kier alpha value is -2.02. The smallest absolute Gasteiger partial charge is 0.417 e. The van der Waals surface area contributed by atoms with E-state index in [1.165, 1.54) is 0 Å². The van der Waals surface area contributed by atoms with Crippen LogP contribution < -0.4 is 0 Å². The van der Waals surface area contributed by atoms with Crippen LogP contribution in [0.2, 0.25) is 0 Å². The summed E-state index contributed by atoms with van der Waals surface area (Å²) in [7, 11) is 0. The van der Waals surface area contributed by atoms with Gasteiger partial charge >= 0.3 is 6.09 Å². The third-order valence-corrected chi connectivity index (χ3v) is 4.93. The average molecular weight is 334 g/mol. The molecular formula is C16H18N2O4S. The van der Waals surface area contributed by atoms with Crippen LogP contribution in [0.3, 0.4) is 0 Å². The molecule has 0 aromatic heterocycles. The highest BCUT2D eigenvalue weighted by Gasteiger charge is 2.37. The summed E-state index contributed by atoms with van der Waals surface area (Å²) < 4.78 is 4.67. The summed E-state index contributed by atoms with van der Waals surface area (Å²) in [5.41, 5.74) is 0. The van der Waals surface area contributed by atoms with Crippen LogP contribution in [0, 0.1) is 5.92 Å². The summed E-state index contributed by atoms with van der Waals surface area (Å²) in [6.45, 7) is 1.39. The van der Waals surface area contributed by atoms with E-state index in [0.29, 0.717) is 26.1 Å². The van der Waals surface area contributed by atoms with E-state index >= 15 is 0 Å². The fourth-order valence-electron chi connectivity index (χ4n) is 2.64. The molecule has 0 aliphatic carbocycles.